The first-order valence-electron chi connectivity index (χ1n) is 6.59. The molecule has 1 heterocycles. The van der Waals surface area contributed by atoms with E-state index in [-0.39, 0.29) is 11.8 Å². The second-order valence-corrected chi connectivity index (χ2v) is 4.78. The summed E-state index contributed by atoms with van der Waals surface area (Å²) in [5.41, 5.74) is 5.75. The minimum atomic E-state index is -0.552. The Labute approximate surface area is 138 Å². The highest BCUT2D eigenvalue weighted by molar-refractivity contribution is 6.30. The van der Waals surface area contributed by atoms with Crippen molar-refractivity contribution < 1.29 is 4.74 Å². The van der Waals surface area contributed by atoms with Crippen LogP contribution in [-0.2, 0) is 0 Å². The summed E-state index contributed by atoms with van der Waals surface area (Å²) in [4.78, 5) is 16.2. The average molecular weight is 329 g/mol. The maximum absolute atomic E-state index is 8.96. The molecule has 0 saturated carbocycles. The first-order valence-corrected chi connectivity index (χ1v) is 6.97. The van der Waals surface area contributed by atoms with E-state index in [0.29, 0.717) is 16.3 Å². The summed E-state index contributed by atoms with van der Waals surface area (Å²) >= 11 is 5.95. The molecular weight excluding hydrogens is 316 g/mol. The largest absolute Gasteiger partial charge is 0.483 e. The van der Waals surface area contributed by atoms with Crippen molar-refractivity contribution in [3.05, 3.63) is 47.2 Å². The van der Waals surface area contributed by atoms with Crippen molar-refractivity contribution in [3.8, 4) is 11.8 Å². The van der Waals surface area contributed by atoms with Crippen molar-refractivity contribution in [2.75, 3.05) is 0 Å². The topological polar surface area (TPSA) is 110 Å². The van der Waals surface area contributed by atoms with Gasteiger partial charge in [-0.25, -0.2) is 15.0 Å². The van der Waals surface area contributed by atoms with E-state index in [1.54, 1.807) is 43.6 Å². The molecule has 2 rings (SSSR count). The Balaban J connectivity index is 2.26. The molecule has 0 fully saturated rings. The molecule has 8 heteroatoms. The van der Waals surface area contributed by atoms with E-state index < -0.39 is 6.10 Å². The average Bonchev–Trinajstić information content (AvgIpc) is 2.54. The number of nitrogens with two attached hydrogens (primary N) is 1. The number of hydrogen-bond acceptors (Lipinski definition) is 5. The molecule has 2 aromatic rings. The summed E-state index contributed by atoms with van der Waals surface area (Å²) in [6.45, 7) is 1.74. The molecule has 0 bridgehead atoms. The molecule has 0 aliphatic rings. The number of nitriles is 1. The molecule has 1 atom stereocenters. The molecular formula is C15H13ClN6O. The third-order valence-electron chi connectivity index (χ3n) is 2.65. The van der Waals surface area contributed by atoms with Crippen LogP contribution in [0.15, 0.2) is 46.6 Å². The first kappa shape index (κ1) is 16.4. The molecule has 23 heavy (non-hydrogen) atoms. The zero-order valence-corrected chi connectivity index (χ0v) is 13.0. The summed E-state index contributed by atoms with van der Waals surface area (Å²) in [7, 11) is 0. The Morgan fingerprint density at radius 2 is 2.13 bits per heavy atom. The van der Waals surface area contributed by atoms with Gasteiger partial charge in [0, 0.05) is 17.4 Å². The van der Waals surface area contributed by atoms with Gasteiger partial charge in [0.25, 0.3) is 5.95 Å². The number of aliphatic imine (C=N–C) groups is 2. The number of amidine groups is 1. The fourth-order valence-electron chi connectivity index (χ4n) is 1.70. The van der Waals surface area contributed by atoms with Crippen LogP contribution in [0.3, 0.4) is 0 Å². The van der Waals surface area contributed by atoms with Crippen LogP contribution in [0.2, 0.25) is 5.02 Å². The summed E-state index contributed by atoms with van der Waals surface area (Å²) in [6.07, 6.45) is 3.69. The SMILES string of the molecule is CC(Oc1cc(Cl)cc(C#N)c1)/C(N=CN)=N\c1ncccn1. The summed E-state index contributed by atoms with van der Waals surface area (Å²) < 4.78 is 5.73. The summed E-state index contributed by atoms with van der Waals surface area (Å²) in [5, 5.41) is 9.37. The number of hydrogen-bond donors (Lipinski definition) is 1. The van der Waals surface area contributed by atoms with Gasteiger partial charge in [-0.05, 0) is 31.2 Å². The van der Waals surface area contributed by atoms with Gasteiger partial charge in [-0.2, -0.15) is 10.3 Å². The number of ether oxygens (including phenoxy) is 1. The number of rotatable bonds is 4. The van der Waals surface area contributed by atoms with E-state index in [1.165, 1.54) is 0 Å². The lowest BCUT2D eigenvalue weighted by molar-refractivity contribution is 0.286. The van der Waals surface area contributed by atoms with Crippen LogP contribution in [0.5, 0.6) is 5.75 Å². The molecule has 116 valence electrons. The molecule has 1 aromatic carbocycles. The molecule has 0 saturated heterocycles. The third kappa shape index (κ3) is 4.76. The number of aromatic nitrogens is 2. The predicted octanol–water partition coefficient (Wildman–Crippen LogP) is 2.49. The quantitative estimate of drug-likeness (QED) is 0.684. The second kappa shape index (κ2) is 7.87. The molecule has 0 radical (unpaired) electrons. The third-order valence-corrected chi connectivity index (χ3v) is 2.87. The summed E-state index contributed by atoms with van der Waals surface area (Å²) in [6, 6.07) is 8.41. The highest BCUT2D eigenvalue weighted by atomic mass is 35.5. The van der Waals surface area contributed by atoms with Gasteiger partial charge in [-0.3, -0.25) is 0 Å². The van der Waals surface area contributed by atoms with Gasteiger partial charge < -0.3 is 10.5 Å². The zero-order chi connectivity index (χ0) is 16.7. The lowest BCUT2D eigenvalue weighted by Crippen LogP contribution is -2.23. The lowest BCUT2D eigenvalue weighted by Gasteiger charge is -2.14. The van der Waals surface area contributed by atoms with Crippen molar-refractivity contribution in [1.29, 1.82) is 5.26 Å². The molecule has 2 N–H and O–H groups in total. The zero-order valence-electron chi connectivity index (χ0n) is 12.2. The Bertz CT molecular complexity index is 769. The van der Waals surface area contributed by atoms with Crippen molar-refractivity contribution >= 4 is 29.7 Å². The number of halogens is 1. The van der Waals surface area contributed by atoms with Gasteiger partial charge in [0.2, 0.25) is 0 Å². The fraction of sp³-hybridized carbons (Fsp3) is 0.133. The van der Waals surface area contributed by atoms with Crippen LogP contribution in [0.1, 0.15) is 12.5 Å². The number of benzene rings is 1. The van der Waals surface area contributed by atoms with Crippen LogP contribution in [0.4, 0.5) is 5.95 Å². The van der Waals surface area contributed by atoms with Crippen molar-refractivity contribution in [2.24, 2.45) is 15.7 Å². The van der Waals surface area contributed by atoms with E-state index in [0.717, 1.165) is 6.34 Å². The second-order valence-electron chi connectivity index (χ2n) is 4.34. The highest BCUT2D eigenvalue weighted by Gasteiger charge is 2.13. The minimum absolute atomic E-state index is 0.243. The number of nitrogens with zero attached hydrogens (tertiary/aromatic N) is 5. The first-order chi connectivity index (χ1) is 11.1. The maximum atomic E-state index is 8.96. The molecule has 0 amide bonds. The molecule has 0 aliphatic heterocycles. The molecule has 7 nitrogen and oxygen atoms in total. The Morgan fingerprint density at radius 1 is 1.39 bits per heavy atom. The van der Waals surface area contributed by atoms with Crippen LogP contribution < -0.4 is 10.5 Å². The highest BCUT2D eigenvalue weighted by Crippen LogP contribution is 2.22. The predicted molar refractivity (Wildman–Crippen MR) is 88.1 cm³/mol. The van der Waals surface area contributed by atoms with Crippen molar-refractivity contribution in [2.45, 2.75) is 13.0 Å². The van der Waals surface area contributed by atoms with Crippen LogP contribution in [0.25, 0.3) is 0 Å². The van der Waals surface area contributed by atoms with Crippen LogP contribution >= 0.6 is 11.6 Å². The molecule has 0 spiro atoms. The van der Waals surface area contributed by atoms with Gasteiger partial charge in [0.15, 0.2) is 11.9 Å². The van der Waals surface area contributed by atoms with Gasteiger partial charge in [-0.1, -0.05) is 11.6 Å². The van der Waals surface area contributed by atoms with Gasteiger partial charge in [-0.15, -0.1) is 0 Å². The van der Waals surface area contributed by atoms with E-state index in [9.17, 15) is 0 Å². The monoisotopic (exact) mass is 328 g/mol. The Hall–Kier alpha value is -2.98. The smallest absolute Gasteiger partial charge is 0.251 e. The Morgan fingerprint density at radius 3 is 2.78 bits per heavy atom. The van der Waals surface area contributed by atoms with Gasteiger partial charge in [0.05, 0.1) is 18.0 Å². The van der Waals surface area contributed by atoms with Crippen LogP contribution in [-0.4, -0.2) is 28.2 Å². The van der Waals surface area contributed by atoms with Crippen molar-refractivity contribution in [3.63, 3.8) is 0 Å². The molecule has 0 aliphatic carbocycles. The van der Waals surface area contributed by atoms with E-state index in [4.69, 9.17) is 27.3 Å². The minimum Gasteiger partial charge on any atom is -0.483 e. The van der Waals surface area contributed by atoms with E-state index >= 15 is 0 Å². The normalized spacial score (nSPS) is 12.8. The fourth-order valence-corrected chi connectivity index (χ4v) is 1.93. The van der Waals surface area contributed by atoms with E-state index in [1.807, 2.05) is 6.07 Å². The summed E-state index contributed by atoms with van der Waals surface area (Å²) in [5.74, 6) is 0.958. The van der Waals surface area contributed by atoms with Gasteiger partial charge >= 0.3 is 0 Å². The molecule has 1 aromatic heterocycles. The molecule has 1 unspecified atom stereocenters. The lowest BCUT2D eigenvalue weighted by atomic mass is 10.2. The Kier molecular flexibility index (Phi) is 5.61. The standard InChI is InChI=1S/C15H13ClN6O/c1-10(23-13-6-11(8-17)5-12(16)7-13)14(21-9-18)22-15-19-3-2-4-20-15/h2-7,9-10H,1H3,(H2,18,19,20,21,22). The van der Waals surface area contributed by atoms with Crippen LogP contribution in [0, 0.1) is 11.3 Å². The van der Waals surface area contributed by atoms with E-state index in [2.05, 4.69) is 20.0 Å². The van der Waals surface area contributed by atoms with Crippen molar-refractivity contribution in [1.82, 2.24) is 9.97 Å². The van der Waals surface area contributed by atoms with Gasteiger partial charge in [0.1, 0.15) is 5.75 Å². The maximum Gasteiger partial charge on any atom is 0.251 e.